The molecule has 0 amide bonds. The third kappa shape index (κ3) is 3.11. The summed E-state index contributed by atoms with van der Waals surface area (Å²) in [4.78, 5) is 16.5. The summed E-state index contributed by atoms with van der Waals surface area (Å²) in [5.41, 5.74) is 0.471. The maximum Gasteiger partial charge on any atom is 0.433 e. The summed E-state index contributed by atoms with van der Waals surface area (Å²) in [6.07, 6.45) is 2.88. The summed E-state index contributed by atoms with van der Waals surface area (Å²) < 4.78 is 6.60. The average Bonchev–Trinajstić information content (AvgIpc) is 3.27. The first-order valence-corrected chi connectivity index (χ1v) is 8.03. The summed E-state index contributed by atoms with van der Waals surface area (Å²) in [5, 5.41) is 32.6. The van der Waals surface area contributed by atoms with Gasteiger partial charge in [-0.3, -0.25) is 10.1 Å². The van der Waals surface area contributed by atoms with Crippen LogP contribution in [0.25, 0.3) is 17.2 Å². The van der Waals surface area contributed by atoms with E-state index in [1.807, 2.05) is 4.90 Å². The molecule has 1 aliphatic heterocycles. The minimum Gasteiger partial charge on any atom is -0.397 e. The first-order chi connectivity index (χ1) is 12.6. The third-order valence-corrected chi connectivity index (χ3v) is 4.09. The van der Waals surface area contributed by atoms with Gasteiger partial charge in [-0.25, -0.2) is 4.99 Å². The Balaban J connectivity index is 1.61. The highest BCUT2D eigenvalue weighted by molar-refractivity contribution is 5.61. The van der Waals surface area contributed by atoms with Crippen LogP contribution in [0.15, 0.2) is 33.7 Å². The fourth-order valence-electron chi connectivity index (χ4n) is 2.69. The molecule has 0 aliphatic carbocycles. The van der Waals surface area contributed by atoms with Crippen molar-refractivity contribution in [3.05, 3.63) is 34.4 Å². The lowest BCUT2D eigenvalue weighted by Gasteiger charge is -2.27. The molecule has 3 aromatic rings. The maximum atomic E-state index is 10.8. The van der Waals surface area contributed by atoms with Crippen molar-refractivity contribution in [2.45, 2.75) is 18.9 Å². The number of nitrogens with zero attached hydrogens (tertiary/aromatic N) is 7. The van der Waals surface area contributed by atoms with Gasteiger partial charge in [0.25, 0.3) is 0 Å². The van der Waals surface area contributed by atoms with E-state index in [0.29, 0.717) is 24.3 Å². The SMILES string of the molecule is O=[N+]([O-])c1ccc(-c2nnc3ccc(N=CN4CCC(O)CC4)nn23)o1. The van der Waals surface area contributed by atoms with Crippen LogP contribution in [0.3, 0.4) is 0 Å². The predicted octanol–water partition coefficient (Wildman–Crippen LogP) is 1.41. The number of aliphatic imine (C=N–C) groups is 1. The lowest BCUT2D eigenvalue weighted by Crippen LogP contribution is -2.34. The van der Waals surface area contributed by atoms with Crippen molar-refractivity contribution < 1.29 is 14.4 Å². The van der Waals surface area contributed by atoms with Crippen LogP contribution in [0.2, 0.25) is 0 Å². The molecule has 1 fully saturated rings. The van der Waals surface area contributed by atoms with Crippen LogP contribution in [0.5, 0.6) is 0 Å². The summed E-state index contributed by atoms with van der Waals surface area (Å²) in [5.74, 6) is 0.512. The molecule has 1 N–H and O–H groups in total. The molecule has 0 spiro atoms. The molecule has 0 radical (unpaired) electrons. The number of fused-ring (bicyclic) bond motifs is 1. The molecule has 1 aliphatic rings. The molecule has 0 bridgehead atoms. The Morgan fingerprint density at radius 3 is 2.81 bits per heavy atom. The van der Waals surface area contributed by atoms with Crippen LogP contribution in [-0.2, 0) is 0 Å². The highest BCUT2D eigenvalue weighted by atomic mass is 16.6. The van der Waals surface area contributed by atoms with Crippen molar-refractivity contribution >= 4 is 23.7 Å². The molecule has 1 saturated heterocycles. The first kappa shape index (κ1) is 16.1. The Hall–Kier alpha value is -3.34. The van der Waals surface area contributed by atoms with Gasteiger partial charge in [-0.1, -0.05) is 0 Å². The third-order valence-electron chi connectivity index (χ3n) is 4.09. The van der Waals surface area contributed by atoms with Crippen LogP contribution in [0, 0.1) is 10.1 Å². The van der Waals surface area contributed by atoms with Gasteiger partial charge in [0.05, 0.1) is 18.5 Å². The first-order valence-electron chi connectivity index (χ1n) is 8.03. The van der Waals surface area contributed by atoms with E-state index in [9.17, 15) is 15.2 Å². The second-order valence-electron chi connectivity index (χ2n) is 5.89. The van der Waals surface area contributed by atoms with E-state index in [4.69, 9.17) is 4.42 Å². The number of likely N-dealkylation sites (tertiary alicyclic amines) is 1. The number of nitro groups is 1. The maximum absolute atomic E-state index is 10.8. The van der Waals surface area contributed by atoms with Gasteiger partial charge in [-0.2, -0.15) is 4.52 Å². The number of furan rings is 1. The van der Waals surface area contributed by atoms with E-state index in [-0.39, 0.29) is 23.6 Å². The molecule has 0 aromatic carbocycles. The van der Waals surface area contributed by atoms with E-state index < -0.39 is 4.92 Å². The van der Waals surface area contributed by atoms with Crippen LogP contribution in [0.1, 0.15) is 12.8 Å². The quantitative estimate of drug-likeness (QED) is 0.320. The summed E-state index contributed by atoms with van der Waals surface area (Å²) in [6, 6.07) is 6.11. The molecule has 0 saturated carbocycles. The molecule has 4 rings (SSSR count). The van der Waals surface area contributed by atoms with Crippen LogP contribution < -0.4 is 0 Å². The van der Waals surface area contributed by atoms with Gasteiger partial charge in [0, 0.05) is 13.1 Å². The Morgan fingerprint density at radius 2 is 2.08 bits per heavy atom. The van der Waals surface area contributed by atoms with Crippen LogP contribution in [-0.4, -0.2) is 60.3 Å². The highest BCUT2D eigenvalue weighted by Gasteiger charge is 2.18. The minimum atomic E-state index is -0.620. The topological polar surface area (TPSA) is 135 Å². The van der Waals surface area contributed by atoms with E-state index in [2.05, 4.69) is 20.3 Å². The van der Waals surface area contributed by atoms with Gasteiger partial charge < -0.3 is 14.4 Å². The van der Waals surface area contributed by atoms with Crippen molar-refractivity contribution in [3.8, 4) is 11.6 Å². The summed E-state index contributed by atoms with van der Waals surface area (Å²) in [7, 11) is 0. The molecule has 11 heteroatoms. The van der Waals surface area contributed by atoms with Crippen molar-refractivity contribution in [3.63, 3.8) is 0 Å². The van der Waals surface area contributed by atoms with Gasteiger partial charge >= 0.3 is 5.88 Å². The fraction of sp³-hybridized carbons (Fsp3) is 0.333. The lowest BCUT2D eigenvalue weighted by atomic mass is 10.1. The van der Waals surface area contributed by atoms with Gasteiger partial charge in [0.1, 0.15) is 4.92 Å². The number of aromatic nitrogens is 4. The van der Waals surface area contributed by atoms with E-state index in [1.165, 1.54) is 16.6 Å². The lowest BCUT2D eigenvalue weighted by molar-refractivity contribution is -0.401. The molecule has 0 unspecified atom stereocenters. The van der Waals surface area contributed by atoms with Gasteiger partial charge in [-0.05, 0) is 31.0 Å². The molecule has 0 atom stereocenters. The average molecular weight is 357 g/mol. The number of piperidine rings is 1. The van der Waals surface area contributed by atoms with Gasteiger partial charge in [0.15, 0.2) is 17.2 Å². The Bertz CT molecular complexity index is 971. The smallest absolute Gasteiger partial charge is 0.397 e. The van der Waals surface area contributed by atoms with Crippen molar-refractivity contribution in [2.24, 2.45) is 4.99 Å². The molecule has 134 valence electrons. The minimum absolute atomic E-state index is 0.197. The Morgan fingerprint density at radius 1 is 1.27 bits per heavy atom. The zero-order valence-electron chi connectivity index (χ0n) is 13.6. The standard InChI is InChI=1S/C15H15N7O4/c23-10-5-7-20(8-6-10)9-16-12-2-3-13-17-18-15(21(13)19-12)11-1-4-14(26-11)22(24)25/h1-4,9-10,23H,5-8H2. The fourth-order valence-corrected chi connectivity index (χ4v) is 2.69. The molecular formula is C15H15N7O4. The second kappa shape index (κ2) is 6.52. The molecule has 11 nitrogen and oxygen atoms in total. The Kier molecular flexibility index (Phi) is 4.05. The molecule has 26 heavy (non-hydrogen) atoms. The van der Waals surface area contributed by atoms with E-state index in [1.54, 1.807) is 18.5 Å². The predicted molar refractivity (Wildman–Crippen MR) is 90.1 cm³/mol. The highest BCUT2D eigenvalue weighted by Crippen LogP contribution is 2.25. The summed E-state index contributed by atoms with van der Waals surface area (Å²) in [6.45, 7) is 1.47. The number of aliphatic hydroxyl groups excluding tert-OH is 1. The van der Waals surface area contributed by atoms with Crippen LogP contribution in [0.4, 0.5) is 11.7 Å². The number of hydrogen-bond acceptors (Lipinski definition) is 8. The largest absolute Gasteiger partial charge is 0.433 e. The van der Waals surface area contributed by atoms with E-state index >= 15 is 0 Å². The zero-order valence-corrected chi connectivity index (χ0v) is 13.6. The van der Waals surface area contributed by atoms with Gasteiger partial charge in [-0.15, -0.1) is 15.3 Å². The summed E-state index contributed by atoms with van der Waals surface area (Å²) >= 11 is 0. The van der Waals surface area contributed by atoms with Gasteiger partial charge in [0.2, 0.25) is 5.82 Å². The monoisotopic (exact) mass is 357 g/mol. The van der Waals surface area contributed by atoms with Crippen molar-refractivity contribution in [2.75, 3.05) is 13.1 Å². The zero-order chi connectivity index (χ0) is 18.1. The van der Waals surface area contributed by atoms with Crippen LogP contribution >= 0.6 is 0 Å². The molecule has 3 aromatic heterocycles. The second-order valence-corrected chi connectivity index (χ2v) is 5.89. The molecular weight excluding hydrogens is 342 g/mol. The van der Waals surface area contributed by atoms with Crippen molar-refractivity contribution in [1.82, 2.24) is 24.7 Å². The normalized spacial score (nSPS) is 16.0. The van der Waals surface area contributed by atoms with Crippen molar-refractivity contribution in [1.29, 1.82) is 0 Å². The number of hydrogen-bond donors (Lipinski definition) is 1. The van der Waals surface area contributed by atoms with E-state index in [0.717, 1.165) is 13.1 Å². The number of rotatable bonds is 4. The molecule has 4 heterocycles. The Labute approximate surface area is 146 Å². The number of aliphatic hydroxyl groups is 1.